The predicted octanol–water partition coefficient (Wildman–Crippen LogP) is 4.93. The monoisotopic (exact) mass is 330 g/mol. The smallest absolute Gasteiger partial charge is 0.160 e. The Hall–Kier alpha value is -1.61. The molecule has 2 aromatic rings. The molecule has 0 amide bonds. The van der Waals surface area contributed by atoms with E-state index in [1.807, 2.05) is 18.2 Å². The second-order valence-electron chi connectivity index (χ2n) is 5.08. The average molecular weight is 331 g/mol. The number of ether oxygens (including phenoxy) is 1. The summed E-state index contributed by atoms with van der Waals surface area (Å²) in [4.78, 5) is 11.4. The van der Waals surface area contributed by atoms with E-state index < -0.39 is 0 Å². The molecule has 0 radical (unpaired) electrons. The first-order chi connectivity index (χ1) is 9.63. The van der Waals surface area contributed by atoms with E-state index in [1.165, 1.54) is 24.0 Å². The van der Waals surface area contributed by atoms with Crippen molar-refractivity contribution in [3.05, 3.63) is 57.6 Å². The Bertz CT molecular complexity index is 677. The van der Waals surface area contributed by atoms with Gasteiger partial charge in [0.05, 0.1) is 0 Å². The van der Waals surface area contributed by atoms with Gasteiger partial charge in [0, 0.05) is 10.0 Å². The number of halogens is 1. The average Bonchev–Trinajstić information content (AvgIpc) is 2.85. The summed E-state index contributed by atoms with van der Waals surface area (Å²) in [5, 5.41) is 0. The van der Waals surface area contributed by atoms with Crippen LogP contribution in [-0.4, -0.2) is 5.78 Å². The lowest BCUT2D eigenvalue weighted by atomic mass is 10.1. The first-order valence-electron chi connectivity index (χ1n) is 6.73. The summed E-state index contributed by atoms with van der Waals surface area (Å²) in [7, 11) is 0. The zero-order valence-electron chi connectivity index (χ0n) is 11.3. The molecule has 0 heterocycles. The first-order valence-corrected chi connectivity index (χ1v) is 7.53. The summed E-state index contributed by atoms with van der Waals surface area (Å²) >= 11 is 3.41. The number of fused-ring (bicyclic) bond motifs is 1. The van der Waals surface area contributed by atoms with Gasteiger partial charge in [0.15, 0.2) is 5.78 Å². The van der Waals surface area contributed by atoms with Gasteiger partial charge in [-0.1, -0.05) is 6.07 Å². The van der Waals surface area contributed by atoms with E-state index in [-0.39, 0.29) is 5.78 Å². The van der Waals surface area contributed by atoms with E-state index in [0.29, 0.717) is 5.56 Å². The Balaban J connectivity index is 1.84. The van der Waals surface area contributed by atoms with E-state index >= 15 is 0 Å². The lowest BCUT2D eigenvalue weighted by Gasteiger charge is -2.09. The van der Waals surface area contributed by atoms with Gasteiger partial charge in [-0.3, -0.25) is 4.79 Å². The minimum Gasteiger partial charge on any atom is -0.457 e. The van der Waals surface area contributed by atoms with Gasteiger partial charge in [-0.25, -0.2) is 0 Å². The van der Waals surface area contributed by atoms with Crippen molar-refractivity contribution in [2.45, 2.75) is 26.2 Å². The lowest BCUT2D eigenvalue weighted by Crippen LogP contribution is -1.94. The molecule has 0 spiro atoms. The van der Waals surface area contributed by atoms with Gasteiger partial charge in [-0.15, -0.1) is 0 Å². The van der Waals surface area contributed by atoms with Gasteiger partial charge in [0.1, 0.15) is 11.5 Å². The number of rotatable bonds is 3. The van der Waals surface area contributed by atoms with Crippen molar-refractivity contribution in [3.63, 3.8) is 0 Å². The Morgan fingerprint density at radius 2 is 1.75 bits per heavy atom. The third-order valence-electron chi connectivity index (χ3n) is 3.63. The molecule has 20 heavy (non-hydrogen) atoms. The number of ketones is 1. The summed E-state index contributed by atoms with van der Waals surface area (Å²) in [6.45, 7) is 1.56. The molecule has 0 fully saturated rings. The molecule has 0 N–H and O–H groups in total. The third-order valence-corrected chi connectivity index (χ3v) is 4.28. The molecule has 1 aliphatic rings. The standard InChI is InChI=1S/C17H15BrO2/c1-11(19)16-8-7-15(10-17(16)18)20-14-6-5-12-3-2-4-13(12)9-14/h5-10H,2-4H2,1H3. The number of hydrogen-bond acceptors (Lipinski definition) is 2. The molecule has 0 unspecified atom stereocenters. The van der Waals surface area contributed by atoms with Gasteiger partial charge in [-0.05, 0) is 83.6 Å². The molecule has 0 aromatic heterocycles. The number of carbonyl (C=O) groups is 1. The third kappa shape index (κ3) is 2.63. The molecular weight excluding hydrogens is 316 g/mol. The fourth-order valence-corrected chi connectivity index (χ4v) is 3.23. The second-order valence-corrected chi connectivity index (χ2v) is 5.94. The van der Waals surface area contributed by atoms with Crippen molar-refractivity contribution in [3.8, 4) is 11.5 Å². The predicted molar refractivity (Wildman–Crippen MR) is 82.7 cm³/mol. The molecule has 2 aromatic carbocycles. The van der Waals surface area contributed by atoms with Crippen LogP contribution in [0.5, 0.6) is 11.5 Å². The van der Waals surface area contributed by atoms with Crippen LogP contribution < -0.4 is 4.74 Å². The van der Waals surface area contributed by atoms with Crippen LogP contribution in [0.3, 0.4) is 0 Å². The van der Waals surface area contributed by atoms with Crippen LogP contribution in [0.2, 0.25) is 0 Å². The van der Waals surface area contributed by atoms with E-state index in [2.05, 4.69) is 28.1 Å². The normalized spacial score (nSPS) is 13.1. The summed E-state index contributed by atoms with van der Waals surface area (Å²) in [6.07, 6.45) is 3.55. The molecule has 3 heteroatoms. The molecule has 0 saturated carbocycles. The zero-order valence-corrected chi connectivity index (χ0v) is 12.9. The highest BCUT2D eigenvalue weighted by atomic mass is 79.9. The van der Waals surface area contributed by atoms with Gasteiger partial charge in [0.2, 0.25) is 0 Å². The van der Waals surface area contributed by atoms with Crippen LogP contribution in [-0.2, 0) is 12.8 Å². The highest BCUT2D eigenvalue weighted by molar-refractivity contribution is 9.10. The van der Waals surface area contributed by atoms with Crippen molar-refractivity contribution >= 4 is 21.7 Å². The van der Waals surface area contributed by atoms with E-state index in [9.17, 15) is 4.79 Å². The molecular formula is C17H15BrO2. The topological polar surface area (TPSA) is 26.3 Å². The van der Waals surface area contributed by atoms with Crippen molar-refractivity contribution in [2.75, 3.05) is 0 Å². The van der Waals surface area contributed by atoms with E-state index in [4.69, 9.17) is 4.74 Å². The van der Waals surface area contributed by atoms with Crippen molar-refractivity contribution < 1.29 is 9.53 Å². The molecule has 2 nitrogen and oxygen atoms in total. The summed E-state index contributed by atoms with van der Waals surface area (Å²) in [6, 6.07) is 11.7. The van der Waals surface area contributed by atoms with Crippen molar-refractivity contribution in [1.29, 1.82) is 0 Å². The number of aryl methyl sites for hydroxylation is 2. The molecule has 0 bridgehead atoms. The largest absolute Gasteiger partial charge is 0.457 e. The Labute approximate surface area is 126 Å². The van der Waals surface area contributed by atoms with E-state index in [0.717, 1.165) is 22.4 Å². The minimum atomic E-state index is 0.0426. The van der Waals surface area contributed by atoms with Crippen LogP contribution in [0.15, 0.2) is 40.9 Å². The fourth-order valence-electron chi connectivity index (χ4n) is 2.59. The number of hydrogen-bond donors (Lipinski definition) is 0. The second kappa shape index (κ2) is 5.41. The summed E-state index contributed by atoms with van der Waals surface area (Å²) in [5.41, 5.74) is 3.50. The Morgan fingerprint density at radius 3 is 2.50 bits per heavy atom. The zero-order chi connectivity index (χ0) is 14.1. The maximum Gasteiger partial charge on any atom is 0.160 e. The van der Waals surface area contributed by atoms with Crippen LogP contribution in [0, 0.1) is 0 Å². The van der Waals surface area contributed by atoms with Crippen molar-refractivity contribution in [1.82, 2.24) is 0 Å². The summed E-state index contributed by atoms with van der Waals surface area (Å²) in [5.74, 6) is 1.63. The maximum absolute atomic E-state index is 11.4. The molecule has 1 aliphatic carbocycles. The molecule has 0 atom stereocenters. The Kier molecular flexibility index (Phi) is 3.62. The first kappa shape index (κ1) is 13.4. The number of Topliss-reactive ketones (excluding diaryl/α,β-unsaturated/α-hetero) is 1. The highest BCUT2D eigenvalue weighted by Gasteiger charge is 2.12. The van der Waals surface area contributed by atoms with Gasteiger partial charge in [-0.2, -0.15) is 0 Å². The van der Waals surface area contributed by atoms with E-state index in [1.54, 1.807) is 13.0 Å². The molecule has 0 aliphatic heterocycles. The van der Waals surface area contributed by atoms with Crippen LogP contribution >= 0.6 is 15.9 Å². The maximum atomic E-state index is 11.4. The van der Waals surface area contributed by atoms with Crippen molar-refractivity contribution in [2.24, 2.45) is 0 Å². The van der Waals surface area contributed by atoms with Gasteiger partial charge >= 0.3 is 0 Å². The molecule has 0 saturated heterocycles. The number of benzene rings is 2. The quantitative estimate of drug-likeness (QED) is 0.745. The molecule has 102 valence electrons. The van der Waals surface area contributed by atoms with Gasteiger partial charge < -0.3 is 4.74 Å². The fraction of sp³-hybridized carbons (Fsp3) is 0.235. The van der Waals surface area contributed by atoms with Crippen LogP contribution in [0.25, 0.3) is 0 Å². The Morgan fingerprint density at radius 1 is 1.05 bits per heavy atom. The number of carbonyl (C=O) groups excluding carboxylic acids is 1. The minimum absolute atomic E-state index is 0.0426. The molecule has 3 rings (SSSR count). The summed E-state index contributed by atoms with van der Waals surface area (Å²) < 4.78 is 6.65. The van der Waals surface area contributed by atoms with Gasteiger partial charge in [0.25, 0.3) is 0 Å². The SMILES string of the molecule is CC(=O)c1ccc(Oc2ccc3c(c2)CCC3)cc1Br. The van der Waals surface area contributed by atoms with Crippen LogP contribution in [0.1, 0.15) is 34.8 Å². The lowest BCUT2D eigenvalue weighted by molar-refractivity contribution is 0.101. The highest BCUT2D eigenvalue weighted by Crippen LogP contribution is 2.31. The van der Waals surface area contributed by atoms with Crippen LogP contribution in [0.4, 0.5) is 0 Å².